The van der Waals surface area contributed by atoms with Crippen molar-refractivity contribution in [3.8, 4) is 0 Å². The van der Waals surface area contributed by atoms with Crippen molar-refractivity contribution in [3.63, 3.8) is 0 Å². The van der Waals surface area contributed by atoms with E-state index in [0.29, 0.717) is 12.0 Å². The van der Waals surface area contributed by atoms with Gasteiger partial charge in [0.05, 0.1) is 0 Å². The van der Waals surface area contributed by atoms with Crippen molar-refractivity contribution in [1.29, 1.82) is 0 Å². The van der Waals surface area contributed by atoms with Gasteiger partial charge in [0, 0.05) is 10.0 Å². The molecule has 1 aromatic carbocycles. The Morgan fingerprint density at radius 1 is 1.44 bits per heavy atom. The summed E-state index contributed by atoms with van der Waals surface area (Å²) in [6.45, 7) is 2.01. The monoisotopic (exact) mass is 280 g/mol. The van der Waals surface area contributed by atoms with Crippen LogP contribution in [0.25, 0.3) is 5.57 Å². The Morgan fingerprint density at radius 2 is 2.19 bits per heavy atom. The van der Waals surface area contributed by atoms with Crippen molar-refractivity contribution < 1.29 is 9.90 Å². The zero-order valence-corrected chi connectivity index (χ0v) is 10.7. The van der Waals surface area contributed by atoms with Gasteiger partial charge in [-0.1, -0.05) is 35.0 Å². The van der Waals surface area contributed by atoms with Gasteiger partial charge in [-0.2, -0.15) is 0 Å². The fourth-order valence-corrected chi connectivity index (χ4v) is 2.86. The zero-order valence-electron chi connectivity index (χ0n) is 9.09. The number of aliphatic carboxylic acids is 1. The van der Waals surface area contributed by atoms with Crippen LogP contribution in [-0.2, 0) is 11.2 Å². The number of hydrogen-bond donors (Lipinski definition) is 1. The maximum absolute atomic E-state index is 11.1. The zero-order chi connectivity index (χ0) is 11.7. The Hall–Kier alpha value is -1.09. The summed E-state index contributed by atoms with van der Waals surface area (Å²) in [6, 6.07) is 5.99. The number of benzene rings is 1. The molecule has 0 radical (unpaired) electrons. The van der Waals surface area contributed by atoms with Crippen molar-refractivity contribution in [2.45, 2.75) is 26.2 Å². The lowest BCUT2D eigenvalue weighted by molar-refractivity contribution is -0.132. The van der Waals surface area contributed by atoms with Gasteiger partial charge < -0.3 is 5.11 Å². The molecule has 0 aromatic heterocycles. The lowest BCUT2D eigenvalue weighted by Crippen LogP contribution is -2.12. The van der Waals surface area contributed by atoms with E-state index in [1.54, 1.807) is 0 Å². The summed E-state index contributed by atoms with van der Waals surface area (Å²) in [5, 5.41) is 9.17. The third kappa shape index (κ3) is 1.80. The largest absolute Gasteiger partial charge is 0.478 e. The predicted octanol–water partition coefficient (Wildman–Crippen LogP) is 3.64. The number of hydrogen-bond acceptors (Lipinski definition) is 1. The molecule has 1 aromatic rings. The molecule has 1 N–H and O–H groups in total. The highest BCUT2D eigenvalue weighted by Gasteiger charge is 2.22. The topological polar surface area (TPSA) is 37.3 Å². The summed E-state index contributed by atoms with van der Waals surface area (Å²) in [4.78, 5) is 11.1. The van der Waals surface area contributed by atoms with E-state index in [1.165, 1.54) is 5.56 Å². The summed E-state index contributed by atoms with van der Waals surface area (Å²) in [6.07, 6.45) is 2.21. The molecule has 0 fully saturated rings. The molecule has 1 aliphatic carbocycles. The molecule has 84 valence electrons. The second kappa shape index (κ2) is 4.42. The van der Waals surface area contributed by atoms with Gasteiger partial charge in [0.15, 0.2) is 0 Å². The second-order valence-corrected chi connectivity index (χ2v) is 4.74. The number of halogens is 1. The molecule has 0 amide bonds. The number of fused-ring (bicyclic) bond motifs is 1. The lowest BCUT2D eigenvalue weighted by Gasteiger charge is -2.21. The van der Waals surface area contributed by atoms with E-state index in [4.69, 9.17) is 5.11 Å². The quantitative estimate of drug-likeness (QED) is 0.898. The highest BCUT2D eigenvalue weighted by Crippen LogP contribution is 2.36. The molecule has 0 saturated carbocycles. The maximum Gasteiger partial charge on any atom is 0.331 e. The molecule has 0 bridgehead atoms. The van der Waals surface area contributed by atoms with Gasteiger partial charge in [-0.15, -0.1) is 0 Å². The average molecular weight is 281 g/mol. The minimum Gasteiger partial charge on any atom is -0.478 e. The molecule has 0 saturated heterocycles. The molecule has 0 aliphatic heterocycles. The van der Waals surface area contributed by atoms with Gasteiger partial charge >= 0.3 is 5.97 Å². The van der Waals surface area contributed by atoms with Gasteiger partial charge in [-0.3, -0.25) is 0 Å². The van der Waals surface area contributed by atoms with Crippen LogP contribution in [-0.4, -0.2) is 11.1 Å². The molecule has 2 rings (SSSR count). The fourth-order valence-electron chi connectivity index (χ4n) is 2.30. The van der Waals surface area contributed by atoms with Crippen molar-refractivity contribution in [2.75, 3.05) is 0 Å². The Balaban J connectivity index is 2.63. The van der Waals surface area contributed by atoms with E-state index in [1.807, 2.05) is 25.1 Å². The van der Waals surface area contributed by atoms with Crippen LogP contribution in [0.1, 0.15) is 30.9 Å². The number of rotatable bonds is 2. The van der Waals surface area contributed by atoms with E-state index < -0.39 is 5.97 Å². The summed E-state index contributed by atoms with van der Waals surface area (Å²) in [5.74, 6) is -0.775. The van der Waals surface area contributed by atoms with E-state index in [9.17, 15) is 4.79 Å². The molecule has 16 heavy (non-hydrogen) atoms. The molecular weight excluding hydrogens is 268 g/mol. The van der Waals surface area contributed by atoms with Crippen LogP contribution in [0.2, 0.25) is 0 Å². The van der Waals surface area contributed by atoms with Gasteiger partial charge in [0.1, 0.15) is 0 Å². The Bertz CT molecular complexity index is 475. The Labute approximate surface area is 103 Å². The molecular formula is C13H13BrO2. The molecule has 0 heterocycles. The standard InChI is InChI=1S/C13H13BrO2/c1-2-8-9-4-3-5-12(14)10(9)6-7-11(8)13(15)16/h3-5H,2,6-7H2,1H3,(H,15,16). The van der Waals surface area contributed by atoms with Crippen LogP contribution in [0.15, 0.2) is 28.2 Å². The van der Waals surface area contributed by atoms with Gasteiger partial charge in [0.2, 0.25) is 0 Å². The smallest absolute Gasteiger partial charge is 0.331 e. The number of carbonyl (C=O) groups is 1. The van der Waals surface area contributed by atoms with Crippen LogP contribution in [0.5, 0.6) is 0 Å². The molecule has 1 aliphatic rings. The van der Waals surface area contributed by atoms with Gasteiger partial charge in [0.25, 0.3) is 0 Å². The highest BCUT2D eigenvalue weighted by atomic mass is 79.9. The fraction of sp³-hybridized carbons (Fsp3) is 0.308. The summed E-state index contributed by atoms with van der Waals surface area (Å²) >= 11 is 3.53. The summed E-state index contributed by atoms with van der Waals surface area (Å²) in [5.41, 5.74) is 3.90. The van der Waals surface area contributed by atoms with Crippen molar-refractivity contribution in [1.82, 2.24) is 0 Å². The number of carboxylic acids is 1. The van der Waals surface area contributed by atoms with E-state index in [-0.39, 0.29) is 0 Å². The van der Waals surface area contributed by atoms with E-state index in [2.05, 4.69) is 15.9 Å². The maximum atomic E-state index is 11.1. The highest BCUT2D eigenvalue weighted by molar-refractivity contribution is 9.10. The first-order valence-corrected chi connectivity index (χ1v) is 6.17. The Morgan fingerprint density at radius 3 is 2.81 bits per heavy atom. The van der Waals surface area contributed by atoms with Crippen LogP contribution >= 0.6 is 15.9 Å². The Kier molecular flexibility index (Phi) is 3.15. The summed E-state index contributed by atoms with van der Waals surface area (Å²) in [7, 11) is 0. The number of allylic oxidation sites excluding steroid dienone is 1. The van der Waals surface area contributed by atoms with Crippen LogP contribution in [0, 0.1) is 0 Å². The molecule has 2 nitrogen and oxygen atoms in total. The van der Waals surface area contributed by atoms with Crippen molar-refractivity contribution in [2.24, 2.45) is 0 Å². The normalized spacial score (nSPS) is 14.9. The number of carboxylic acid groups (broad SMARTS) is 1. The lowest BCUT2D eigenvalue weighted by atomic mass is 9.84. The first-order valence-electron chi connectivity index (χ1n) is 5.38. The van der Waals surface area contributed by atoms with E-state index in [0.717, 1.165) is 28.5 Å². The SMILES string of the molecule is CCC1=C(C(=O)O)CCc2c(Br)cccc21. The predicted molar refractivity (Wildman–Crippen MR) is 67.3 cm³/mol. The molecule has 0 atom stereocenters. The molecule has 0 unspecified atom stereocenters. The van der Waals surface area contributed by atoms with Gasteiger partial charge in [-0.25, -0.2) is 4.79 Å². The first kappa shape index (κ1) is 11.4. The second-order valence-electron chi connectivity index (χ2n) is 3.88. The van der Waals surface area contributed by atoms with Crippen molar-refractivity contribution in [3.05, 3.63) is 39.4 Å². The van der Waals surface area contributed by atoms with Gasteiger partial charge in [-0.05, 0) is 42.0 Å². The van der Waals surface area contributed by atoms with Crippen LogP contribution in [0.4, 0.5) is 0 Å². The third-order valence-corrected chi connectivity index (χ3v) is 3.79. The average Bonchev–Trinajstić information content (AvgIpc) is 2.27. The van der Waals surface area contributed by atoms with Crippen LogP contribution < -0.4 is 0 Å². The van der Waals surface area contributed by atoms with Crippen molar-refractivity contribution >= 4 is 27.5 Å². The molecule has 3 heteroatoms. The molecule has 0 spiro atoms. The van der Waals surface area contributed by atoms with Crippen LogP contribution in [0.3, 0.4) is 0 Å². The summed E-state index contributed by atoms with van der Waals surface area (Å²) < 4.78 is 1.08. The first-order chi connectivity index (χ1) is 7.65. The minimum atomic E-state index is -0.775. The minimum absolute atomic E-state index is 0.577. The van der Waals surface area contributed by atoms with E-state index >= 15 is 0 Å². The third-order valence-electron chi connectivity index (χ3n) is 3.04.